The molecule has 65 heavy (non-hydrogen) atoms. The first-order valence-electron chi connectivity index (χ1n) is 21.5. The highest BCUT2D eigenvalue weighted by Gasteiger charge is 2.35. The van der Waals surface area contributed by atoms with E-state index in [2.05, 4.69) is 38.7 Å². The molecule has 0 unspecified atom stereocenters. The van der Waals surface area contributed by atoms with Crippen LogP contribution in [0.1, 0.15) is 53.4 Å². The van der Waals surface area contributed by atoms with Gasteiger partial charge in [-0.15, -0.1) is 5.10 Å². The smallest absolute Gasteiger partial charge is 0.319 e. The van der Waals surface area contributed by atoms with Gasteiger partial charge in [0.25, 0.3) is 5.91 Å². The van der Waals surface area contributed by atoms with Gasteiger partial charge in [0.05, 0.1) is 53.7 Å². The number of rotatable bonds is 11. The summed E-state index contributed by atoms with van der Waals surface area (Å²) in [6.07, 6.45) is 2.11. The maximum absolute atomic E-state index is 13.6. The summed E-state index contributed by atoms with van der Waals surface area (Å²) in [4.78, 5) is 44.2. The highest BCUT2D eigenvalue weighted by atomic mass is 35.5. The number of ether oxygens (including phenoxy) is 1. The summed E-state index contributed by atoms with van der Waals surface area (Å²) in [6, 6.07) is 23.3. The minimum atomic E-state index is -0.406. The van der Waals surface area contributed by atoms with Crippen LogP contribution in [0.4, 0.5) is 11.5 Å². The van der Waals surface area contributed by atoms with Gasteiger partial charge in [0, 0.05) is 73.5 Å². The van der Waals surface area contributed by atoms with E-state index in [9.17, 15) is 30.2 Å². The first-order chi connectivity index (χ1) is 31.4. The Hall–Kier alpha value is -7.38. The Morgan fingerprint density at radius 2 is 1.72 bits per heavy atom. The number of likely N-dealkylation sites (tertiary alicyclic amines) is 1. The number of phenols is 2. The second-order valence-electron chi connectivity index (χ2n) is 16.9. The van der Waals surface area contributed by atoms with Gasteiger partial charge in [0.2, 0.25) is 5.91 Å². The fourth-order valence-electron chi connectivity index (χ4n) is 9.09. The Morgan fingerprint density at radius 3 is 2.46 bits per heavy atom. The van der Waals surface area contributed by atoms with Crippen molar-refractivity contribution < 1.29 is 29.6 Å². The Bertz CT molecular complexity index is 2870. The molecule has 6 aromatic rings. The third-order valence-corrected chi connectivity index (χ3v) is 12.8. The van der Waals surface area contributed by atoms with E-state index in [4.69, 9.17) is 26.3 Å². The molecular weight excluding hydrogens is 848 g/mol. The summed E-state index contributed by atoms with van der Waals surface area (Å²) in [6.45, 7) is 11.2. The highest BCUT2D eigenvalue weighted by Crippen LogP contribution is 2.40. The van der Waals surface area contributed by atoms with Gasteiger partial charge in [-0.3, -0.25) is 9.59 Å². The fourth-order valence-corrected chi connectivity index (χ4v) is 9.37. The predicted octanol–water partition coefficient (Wildman–Crippen LogP) is 6.60. The zero-order valence-electron chi connectivity index (χ0n) is 35.9. The van der Waals surface area contributed by atoms with Crippen molar-refractivity contribution >= 4 is 45.7 Å². The lowest BCUT2D eigenvalue weighted by molar-refractivity contribution is -0.128. The second kappa shape index (κ2) is 17.6. The molecule has 3 aliphatic heterocycles. The van der Waals surface area contributed by atoms with E-state index in [1.54, 1.807) is 40.1 Å². The molecule has 0 spiro atoms. The molecule has 3 N–H and O–H groups in total. The minimum Gasteiger partial charge on any atom is -0.508 e. The van der Waals surface area contributed by atoms with Crippen molar-refractivity contribution in [3.8, 4) is 46.7 Å². The zero-order valence-corrected chi connectivity index (χ0v) is 36.7. The van der Waals surface area contributed by atoms with Crippen molar-refractivity contribution in [1.82, 2.24) is 34.5 Å². The van der Waals surface area contributed by atoms with Gasteiger partial charge in [0.1, 0.15) is 17.3 Å². The highest BCUT2D eigenvalue weighted by molar-refractivity contribution is 6.36. The number of hydrogen-bond acceptors (Lipinski definition) is 13. The first kappa shape index (κ1) is 42.9. The molecule has 2 amide bonds. The molecule has 2 aromatic heterocycles. The number of hydrogen-bond donors (Lipinski definition) is 3. The SMILES string of the molecule is C=CC(=O)N1CCN(c2nc(OCC3CN(C(=O)c4ccc(-n5c(O)nnc5-c5cc(C(C)C)c(O)cc5O)cc4)C3)nc3c2CCN(c2cccc4cccc(Cl)c24)C3)C[C@@H]1CC#N. The molecule has 0 radical (unpaired) electrons. The van der Waals surface area contributed by atoms with E-state index in [0.29, 0.717) is 74.1 Å². The van der Waals surface area contributed by atoms with Crippen LogP contribution in [0, 0.1) is 17.2 Å². The summed E-state index contributed by atoms with van der Waals surface area (Å²) in [5.74, 6) is 0.231. The van der Waals surface area contributed by atoms with Crippen LogP contribution in [0.25, 0.3) is 27.8 Å². The largest absolute Gasteiger partial charge is 0.508 e. The van der Waals surface area contributed by atoms with Crippen LogP contribution in [0.15, 0.2) is 85.5 Å². The van der Waals surface area contributed by atoms with E-state index in [0.717, 1.165) is 33.5 Å². The van der Waals surface area contributed by atoms with Crippen molar-refractivity contribution in [2.45, 2.75) is 45.2 Å². The van der Waals surface area contributed by atoms with E-state index in [1.807, 2.05) is 44.2 Å². The molecule has 16 nitrogen and oxygen atoms in total. The van der Waals surface area contributed by atoms with Crippen molar-refractivity contribution in [3.63, 3.8) is 0 Å². The number of fused-ring (bicyclic) bond motifs is 2. The van der Waals surface area contributed by atoms with E-state index in [1.165, 1.54) is 16.7 Å². The summed E-state index contributed by atoms with van der Waals surface area (Å²) < 4.78 is 7.71. The monoisotopic (exact) mass is 894 g/mol. The van der Waals surface area contributed by atoms with Crippen LogP contribution in [0.2, 0.25) is 5.02 Å². The van der Waals surface area contributed by atoms with Crippen molar-refractivity contribution in [2.75, 3.05) is 55.7 Å². The molecule has 0 bridgehead atoms. The molecule has 1 atom stereocenters. The van der Waals surface area contributed by atoms with Gasteiger partial charge in [-0.2, -0.15) is 15.2 Å². The molecule has 0 aliphatic carbocycles. The Labute approximate surface area is 380 Å². The number of halogens is 1. The van der Waals surface area contributed by atoms with Crippen molar-refractivity contribution in [3.05, 3.63) is 113 Å². The number of carbonyl (C=O) groups is 2. The van der Waals surface area contributed by atoms with Crippen molar-refractivity contribution in [2.24, 2.45) is 5.92 Å². The minimum absolute atomic E-state index is 0.0225. The van der Waals surface area contributed by atoms with Gasteiger partial charge in [-0.05, 0) is 71.8 Å². The molecule has 9 rings (SSSR count). The van der Waals surface area contributed by atoms with Crippen molar-refractivity contribution in [1.29, 1.82) is 5.26 Å². The molecule has 5 heterocycles. The quantitative estimate of drug-likeness (QED) is 0.118. The number of carbonyl (C=O) groups excluding carboxylic acids is 2. The molecule has 332 valence electrons. The molecule has 2 fully saturated rings. The fraction of sp³-hybridized carbons (Fsp3) is 0.312. The standard InChI is InChI=1S/C48H47ClN10O6/c1-4-42(62)58-20-19-56(25-33(58)15-17-50)44-34-16-18-55(39-10-6-8-30-7-5-9-37(49)43(30)39)26-38(34)51-47(52-44)65-27-29-23-57(24-29)46(63)31-11-13-32(14-12-31)59-45(53-54-48(59)64)36-21-35(28(2)3)40(60)22-41(36)61/h4-14,21-22,28-29,33,60-61H,1,15-16,18-20,23-27H2,2-3H3,(H,54,64)/t33-/m0/s1. The summed E-state index contributed by atoms with van der Waals surface area (Å²) in [5.41, 5.74) is 4.62. The zero-order chi connectivity index (χ0) is 45.5. The van der Waals surface area contributed by atoms with Crippen LogP contribution in [-0.4, -0.2) is 114 Å². The third-order valence-electron chi connectivity index (χ3n) is 12.5. The predicted molar refractivity (Wildman–Crippen MR) is 245 cm³/mol. The molecule has 0 saturated carbocycles. The van der Waals surface area contributed by atoms with Crippen LogP contribution in [-0.2, 0) is 17.8 Å². The van der Waals surface area contributed by atoms with Gasteiger partial charge >= 0.3 is 12.0 Å². The summed E-state index contributed by atoms with van der Waals surface area (Å²) >= 11 is 6.76. The lowest BCUT2D eigenvalue weighted by Crippen LogP contribution is -2.55. The second-order valence-corrected chi connectivity index (χ2v) is 17.3. The van der Waals surface area contributed by atoms with E-state index >= 15 is 0 Å². The Balaban J connectivity index is 0.909. The number of piperazine rings is 1. The number of aromatic nitrogens is 5. The number of amides is 2. The number of nitriles is 1. The number of nitrogens with zero attached hydrogens (tertiary/aromatic N) is 10. The average Bonchev–Trinajstić information content (AvgIpc) is 3.68. The summed E-state index contributed by atoms with van der Waals surface area (Å²) in [5, 5.41) is 52.0. The Kier molecular flexibility index (Phi) is 11.6. The first-order valence-corrected chi connectivity index (χ1v) is 21.9. The number of benzene rings is 4. The normalized spacial score (nSPS) is 16.3. The number of anilines is 2. The maximum Gasteiger partial charge on any atom is 0.319 e. The third kappa shape index (κ3) is 8.19. The number of aromatic hydroxyl groups is 3. The molecular formula is C48H47ClN10O6. The molecule has 2 saturated heterocycles. The van der Waals surface area contributed by atoms with Gasteiger partial charge in [-0.1, -0.05) is 61.4 Å². The lowest BCUT2D eigenvalue weighted by Gasteiger charge is -2.42. The topological polar surface area (TPSA) is 197 Å². The van der Waals surface area contributed by atoms with Gasteiger partial charge in [0.15, 0.2) is 5.82 Å². The molecule has 4 aromatic carbocycles. The van der Waals surface area contributed by atoms with Gasteiger partial charge in [-0.25, -0.2) is 4.57 Å². The van der Waals surface area contributed by atoms with Crippen LogP contribution >= 0.6 is 11.6 Å². The average molecular weight is 895 g/mol. The molecule has 3 aliphatic rings. The molecule has 17 heteroatoms. The van der Waals surface area contributed by atoms with Crippen LogP contribution < -0.4 is 14.5 Å². The van der Waals surface area contributed by atoms with E-state index < -0.39 is 6.01 Å². The lowest BCUT2D eigenvalue weighted by atomic mass is 9.98. The van der Waals surface area contributed by atoms with Gasteiger partial charge < -0.3 is 39.7 Å². The van der Waals surface area contributed by atoms with Crippen LogP contribution in [0.3, 0.4) is 0 Å². The maximum atomic E-state index is 13.6. The summed E-state index contributed by atoms with van der Waals surface area (Å²) in [7, 11) is 0. The van der Waals surface area contributed by atoms with Crippen LogP contribution in [0.5, 0.6) is 23.5 Å². The van der Waals surface area contributed by atoms with E-state index in [-0.39, 0.29) is 71.6 Å². The Morgan fingerprint density at radius 1 is 0.954 bits per heavy atom. The number of phenolic OH excluding ortho intramolecular Hbond substituents is 2.